The summed E-state index contributed by atoms with van der Waals surface area (Å²) in [6.07, 6.45) is 2.42. The molecule has 1 N–H and O–H groups in total. The van der Waals surface area contributed by atoms with Crippen LogP contribution in [0.5, 0.6) is 0 Å². The first kappa shape index (κ1) is 15.6. The molecule has 3 nitrogen and oxygen atoms in total. The SMILES string of the molecule is CCN(C)c1ccccc1NC(=O)CCCc1cccs1. The molecule has 0 saturated carbocycles. The standard InChI is InChI=1S/C17H22N2OS/c1-3-19(2)16-11-5-4-10-15(16)18-17(20)12-6-8-14-9-7-13-21-14/h4-5,7,9-11,13H,3,6,8,12H2,1-2H3,(H,18,20). The second-order valence-corrected chi connectivity index (χ2v) is 6.04. The molecular weight excluding hydrogens is 280 g/mol. The molecule has 1 amide bonds. The minimum absolute atomic E-state index is 0.0866. The average molecular weight is 302 g/mol. The van der Waals surface area contributed by atoms with Crippen LogP contribution in [0.4, 0.5) is 11.4 Å². The highest BCUT2D eigenvalue weighted by atomic mass is 32.1. The lowest BCUT2D eigenvalue weighted by Gasteiger charge is -2.20. The van der Waals surface area contributed by atoms with Gasteiger partial charge in [-0.25, -0.2) is 0 Å². The number of amides is 1. The number of hydrogen-bond donors (Lipinski definition) is 1. The van der Waals surface area contributed by atoms with Crippen molar-refractivity contribution in [2.45, 2.75) is 26.2 Å². The number of benzene rings is 1. The Hall–Kier alpha value is -1.81. The Labute approximate surface area is 130 Å². The summed E-state index contributed by atoms with van der Waals surface area (Å²) >= 11 is 1.75. The molecule has 4 heteroatoms. The molecular formula is C17H22N2OS. The summed E-state index contributed by atoms with van der Waals surface area (Å²) in [5.41, 5.74) is 1.95. The number of anilines is 2. The van der Waals surface area contributed by atoms with Crippen LogP contribution >= 0.6 is 11.3 Å². The first-order valence-electron chi connectivity index (χ1n) is 7.33. The molecule has 0 aliphatic rings. The summed E-state index contributed by atoms with van der Waals surface area (Å²) in [6, 6.07) is 12.1. The largest absolute Gasteiger partial charge is 0.373 e. The van der Waals surface area contributed by atoms with Crippen LogP contribution in [0.15, 0.2) is 41.8 Å². The van der Waals surface area contributed by atoms with Gasteiger partial charge in [0, 0.05) is 24.9 Å². The average Bonchev–Trinajstić information content (AvgIpc) is 3.00. The maximum Gasteiger partial charge on any atom is 0.224 e. The molecule has 0 aliphatic heterocycles. The van der Waals surface area contributed by atoms with E-state index in [4.69, 9.17) is 0 Å². The minimum Gasteiger partial charge on any atom is -0.373 e. The Morgan fingerprint density at radius 2 is 2.05 bits per heavy atom. The number of para-hydroxylation sites is 2. The summed E-state index contributed by atoms with van der Waals surface area (Å²) in [4.78, 5) is 15.5. The van der Waals surface area contributed by atoms with Gasteiger partial charge in [-0.2, -0.15) is 0 Å². The van der Waals surface area contributed by atoms with E-state index in [9.17, 15) is 4.79 Å². The van der Waals surface area contributed by atoms with Crippen molar-refractivity contribution in [1.29, 1.82) is 0 Å². The number of carbonyl (C=O) groups is 1. The summed E-state index contributed by atoms with van der Waals surface area (Å²) in [7, 11) is 2.03. The van der Waals surface area contributed by atoms with Crippen molar-refractivity contribution in [3.8, 4) is 0 Å². The number of nitrogens with zero attached hydrogens (tertiary/aromatic N) is 1. The maximum absolute atomic E-state index is 12.1. The van der Waals surface area contributed by atoms with Crippen molar-refractivity contribution in [3.63, 3.8) is 0 Å². The predicted octanol–water partition coefficient (Wildman–Crippen LogP) is 4.17. The van der Waals surface area contributed by atoms with Crippen LogP contribution < -0.4 is 10.2 Å². The lowest BCUT2D eigenvalue weighted by molar-refractivity contribution is -0.116. The van der Waals surface area contributed by atoms with E-state index in [2.05, 4.69) is 34.7 Å². The monoisotopic (exact) mass is 302 g/mol. The Balaban J connectivity index is 1.87. The van der Waals surface area contributed by atoms with E-state index in [1.165, 1.54) is 4.88 Å². The van der Waals surface area contributed by atoms with Crippen LogP contribution in [0.1, 0.15) is 24.6 Å². The molecule has 0 radical (unpaired) electrons. The summed E-state index contributed by atoms with van der Waals surface area (Å²) in [5.74, 6) is 0.0866. The fraction of sp³-hybridized carbons (Fsp3) is 0.353. The second kappa shape index (κ2) is 7.84. The lowest BCUT2D eigenvalue weighted by atomic mass is 10.2. The zero-order valence-corrected chi connectivity index (χ0v) is 13.5. The highest BCUT2D eigenvalue weighted by Crippen LogP contribution is 2.24. The quantitative estimate of drug-likeness (QED) is 0.832. The third kappa shape index (κ3) is 4.60. The van der Waals surface area contributed by atoms with Gasteiger partial charge in [-0.3, -0.25) is 4.79 Å². The summed E-state index contributed by atoms with van der Waals surface area (Å²) in [5, 5.41) is 5.10. The molecule has 0 saturated heterocycles. The van der Waals surface area contributed by atoms with Crippen LogP contribution in [0.3, 0.4) is 0 Å². The van der Waals surface area contributed by atoms with Gasteiger partial charge in [-0.05, 0) is 43.3 Å². The maximum atomic E-state index is 12.1. The Bertz CT molecular complexity index is 566. The van der Waals surface area contributed by atoms with Crippen molar-refractivity contribution in [2.75, 3.05) is 23.8 Å². The third-order valence-electron chi connectivity index (χ3n) is 3.47. The highest BCUT2D eigenvalue weighted by Gasteiger charge is 2.09. The van der Waals surface area contributed by atoms with Gasteiger partial charge in [0.25, 0.3) is 0 Å². The number of thiophene rings is 1. The molecule has 1 aromatic carbocycles. The molecule has 0 unspecified atom stereocenters. The zero-order valence-electron chi connectivity index (χ0n) is 12.6. The van der Waals surface area contributed by atoms with Gasteiger partial charge in [0.15, 0.2) is 0 Å². The molecule has 112 valence electrons. The number of carbonyl (C=O) groups excluding carboxylic acids is 1. The predicted molar refractivity (Wildman–Crippen MR) is 91.3 cm³/mol. The van der Waals surface area contributed by atoms with Gasteiger partial charge in [-0.1, -0.05) is 18.2 Å². The number of rotatable bonds is 7. The molecule has 0 spiro atoms. The van der Waals surface area contributed by atoms with E-state index in [0.29, 0.717) is 6.42 Å². The Morgan fingerprint density at radius 1 is 1.24 bits per heavy atom. The molecule has 2 rings (SSSR count). The van der Waals surface area contributed by atoms with E-state index in [-0.39, 0.29) is 5.91 Å². The summed E-state index contributed by atoms with van der Waals surface area (Å²) in [6.45, 7) is 3.00. The van der Waals surface area contributed by atoms with Crippen molar-refractivity contribution in [3.05, 3.63) is 46.7 Å². The topological polar surface area (TPSA) is 32.3 Å². The Morgan fingerprint density at radius 3 is 2.76 bits per heavy atom. The first-order chi connectivity index (χ1) is 10.2. The van der Waals surface area contributed by atoms with Crippen LogP contribution in [-0.4, -0.2) is 19.5 Å². The van der Waals surface area contributed by atoms with Gasteiger partial charge in [0.1, 0.15) is 0 Å². The van der Waals surface area contributed by atoms with E-state index < -0.39 is 0 Å². The number of hydrogen-bond acceptors (Lipinski definition) is 3. The smallest absolute Gasteiger partial charge is 0.224 e. The van der Waals surface area contributed by atoms with Gasteiger partial charge >= 0.3 is 0 Å². The first-order valence-corrected chi connectivity index (χ1v) is 8.21. The van der Waals surface area contributed by atoms with Crippen LogP contribution in [-0.2, 0) is 11.2 Å². The van der Waals surface area contributed by atoms with E-state index >= 15 is 0 Å². The normalized spacial score (nSPS) is 10.4. The van der Waals surface area contributed by atoms with Crippen molar-refractivity contribution < 1.29 is 4.79 Å². The van der Waals surface area contributed by atoms with Gasteiger partial charge in [0.2, 0.25) is 5.91 Å². The second-order valence-electron chi connectivity index (χ2n) is 5.01. The molecule has 0 aliphatic carbocycles. The zero-order chi connectivity index (χ0) is 15.1. The lowest BCUT2D eigenvalue weighted by Crippen LogP contribution is -2.19. The Kier molecular flexibility index (Phi) is 5.81. The van der Waals surface area contributed by atoms with Gasteiger partial charge in [-0.15, -0.1) is 11.3 Å². The minimum atomic E-state index is 0.0866. The van der Waals surface area contributed by atoms with Crippen molar-refractivity contribution in [1.82, 2.24) is 0 Å². The van der Waals surface area contributed by atoms with Crippen molar-refractivity contribution >= 4 is 28.6 Å². The van der Waals surface area contributed by atoms with Gasteiger partial charge in [0.05, 0.1) is 11.4 Å². The van der Waals surface area contributed by atoms with E-state index in [1.807, 2.05) is 31.3 Å². The van der Waals surface area contributed by atoms with Crippen LogP contribution in [0.2, 0.25) is 0 Å². The highest BCUT2D eigenvalue weighted by molar-refractivity contribution is 7.09. The fourth-order valence-electron chi connectivity index (χ4n) is 2.17. The molecule has 1 aromatic heterocycles. The molecule has 0 bridgehead atoms. The van der Waals surface area contributed by atoms with Crippen LogP contribution in [0.25, 0.3) is 0 Å². The van der Waals surface area contributed by atoms with Crippen molar-refractivity contribution in [2.24, 2.45) is 0 Å². The third-order valence-corrected chi connectivity index (χ3v) is 4.41. The number of nitrogens with one attached hydrogen (secondary N) is 1. The number of aryl methyl sites for hydroxylation is 1. The molecule has 1 heterocycles. The molecule has 21 heavy (non-hydrogen) atoms. The fourth-order valence-corrected chi connectivity index (χ4v) is 2.92. The molecule has 2 aromatic rings. The van der Waals surface area contributed by atoms with E-state index in [0.717, 1.165) is 30.8 Å². The van der Waals surface area contributed by atoms with Gasteiger partial charge < -0.3 is 10.2 Å². The molecule has 0 atom stereocenters. The molecule has 0 fully saturated rings. The van der Waals surface area contributed by atoms with Crippen LogP contribution in [0, 0.1) is 0 Å². The summed E-state index contributed by atoms with van der Waals surface area (Å²) < 4.78 is 0. The van der Waals surface area contributed by atoms with E-state index in [1.54, 1.807) is 11.3 Å².